The molecule has 2 aromatic carbocycles. The fourth-order valence-corrected chi connectivity index (χ4v) is 3.00. The van der Waals surface area contributed by atoms with E-state index in [1.165, 1.54) is 26.4 Å². The Kier molecular flexibility index (Phi) is 5.52. The van der Waals surface area contributed by atoms with Crippen LogP contribution in [0.25, 0.3) is 0 Å². The van der Waals surface area contributed by atoms with Gasteiger partial charge in [0.05, 0.1) is 12.7 Å². The standard InChI is InChI=1S/C20H20N2O5/c1-26-12-18(23)22-10-9-13-7-8-16(11-17(13)22)21-19(24)14-3-5-15(6-4-14)20(25)27-2/h3-8,11H,9-10,12H2,1-2H3,(H,21,24). The van der Waals surface area contributed by atoms with Crippen LogP contribution in [0.15, 0.2) is 42.5 Å². The molecule has 0 atom stereocenters. The summed E-state index contributed by atoms with van der Waals surface area (Å²) in [5.74, 6) is -0.876. The summed E-state index contributed by atoms with van der Waals surface area (Å²) in [7, 11) is 2.79. The van der Waals surface area contributed by atoms with E-state index in [-0.39, 0.29) is 18.4 Å². The molecule has 3 rings (SSSR count). The first-order chi connectivity index (χ1) is 13.0. The van der Waals surface area contributed by atoms with E-state index < -0.39 is 5.97 Å². The molecule has 0 bridgehead atoms. The van der Waals surface area contributed by atoms with Gasteiger partial charge in [0.2, 0.25) is 0 Å². The fourth-order valence-electron chi connectivity index (χ4n) is 3.00. The fraction of sp³-hybridized carbons (Fsp3) is 0.250. The van der Waals surface area contributed by atoms with E-state index in [0.717, 1.165) is 17.7 Å². The minimum atomic E-state index is -0.457. The summed E-state index contributed by atoms with van der Waals surface area (Å²) in [5, 5.41) is 2.82. The van der Waals surface area contributed by atoms with Crippen LogP contribution in [0.1, 0.15) is 26.3 Å². The number of hydrogen-bond acceptors (Lipinski definition) is 5. The predicted molar refractivity (Wildman–Crippen MR) is 100 cm³/mol. The second kappa shape index (κ2) is 8.01. The van der Waals surface area contributed by atoms with Gasteiger partial charge in [-0.2, -0.15) is 0 Å². The van der Waals surface area contributed by atoms with E-state index in [9.17, 15) is 14.4 Å². The van der Waals surface area contributed by atoms with Crippen LogP contribution < -0.4 is 10.2 Å². The second-order valence-electron chi connectivity index (χ2n) is 6.09. The number of carbonyl (C=O) groups excluding carboxylic acids is 3. The number of carbonyl (C=O) groups is 3. The van der Waals surface area contributed by atoms with Gasteiger partial charge in [0.15, 0.2) is 0 Å². The summed E-state index contributed by atoms with van der Waals surface area (Å²) in [6.07, 6.45) is 0.772. The molecule has 2 amide bonds. The Morgan fingerprint density at radius 3 is 2.41 bits per heavy atom. The van der Waals surface area contributed by atoms with E-state index in [1.807, 2.05) is 12.1 Å². The Hall–Kier alpha value is -3.19. The Labute approximate surface area is 156 Å². The van der Waals surface area contributed by atoms with Crippen LogP contribution in [-0.2, 0) is 20.7 Å². The van der Waals surface area contributed by atoms with Gasteiger partial charge in [-0.25, -0.2) is 4.79 Å². The van der Waals surface area contributed by atoms with Gasteiger partial charge in [-0.3, -0.25) is 9.59 Å². The summed E-state index contributed by atoms with van der Waals surface area (Å²) in [4.78, 5) is 37.7. The van der Waals surface area contributed by atoms with Crippen molar-refractivity contribution in [3.05, 3.63) is 59.2 Å². The van der Waals surface area contributed by atoms with Crippen LogP contribution in [0.3, 0.4) is 0 Å². The van der Waals surface area contributed by atoms with E-state index >= 15 is 0 Å². The molecule has 0 saturated heterocycles. The third kappa shape index (κ3) is 3.98. The molecule has 7 heteroatoms. The van der Waals surface area contributed by atoms with Crippen LogP contribution in [0.2, 0.25) is 0 Å². The van der Waals surface area contributed by atoms with Gasteiger partial charge in [-0.05, 0) is 48.4 Å². The highest BCUT2D eigenvalue weighted by molar-refractivity contribution is 6.05. The van der Waals surface area contributed by atoms with Crippen molar-refractivity contribution in [2.45, 2.75) is 6.42 Å². The lowest BCUT2D eigenvalue weighted by atomic mass is 10.1. The number of ether oxygens (including phenoxy) is 2. The highest BCUT2D eigenvalue weighted by Crippen LogP contribution is 2.31. The first-order valence-corrected chi connectivity index (χ1v) is 8.45. The molecule has 0 unspecified atom stereocenters. The molecule has 7 nitrogen and oxygen atoms in total. The summed E-state index contributed by atoms with van der Waals surface area (Å²) >= 11 is 0. The molecule has 0 fully saturated rings. The molecule has 0 aliphatic carbocycles. The number of fused-ring (bicyclic) bond motifs is 1. The van der Waals surface area contributed by atoms with Crippen molar-refractivity contribution in [3.8, 4) is 0 Å². The number of amides is 2. The Morgan fingerprint density at radius 2 is 1.74 bits per heavy atom. The number of nitrogens with zero attached hydrogens (tertiary/aromatic N) is 1. The third-order valence-electron chi connectivity index (χ3n) is 4.38. The third-order valence-corrected chi connectivity index (χ3v) is 4.38. The number of nitrogens with one attached hydrogen (secondary N) is 1. The zero-order valence-electron chi connectivity index (χ0n) is 15.2. The molecular weight excluding hydrogens is 348 g/mol. The van der Waals surface area contributed by atoms with Crippen LogP contribution >= 0.6 is 0 Å². The zero-order chi connectivity index (χ0) is 19.4. The summed E-state index contributed by atoms with van der Waals surface area (Å²) in [6, 6.07) is 11.7. The number of anilines is 2. The number of esters is 1. The minimum absolute atomic E-state index is 0.0164. The number of methoxy groups -OCH3 is 2. The van der Waals surface area contributed by atoms with Crippen LogP contribution in [0.5, 0.6) is 0 Å². The van der Waals surface area contributed by atoms with Crippen molar-refractivity contribution in [2.75, 3.05) is 37.6 Å². The second-order valence-corrected chi connectivity index (χ2v) is 6.09. The van der Waals surface area contributed by atoms with Crippen molar-refractivity contribution in [3.63, 3.8) is 0 Å². The quantitative estimate of drug-likeness (QED) is 0.819. The molecule has 1 heterocycles. The molecule has 0 saturated carbocycles. The van der Waals surface area contributed by atoms with Crippen LogP contribution in [0, 0.1) is 0 Å². The van der Waals surface area contributed by atoms with Gasteiger partial charge in [0.1, 0.15) is 6.61 Å². The van der Waals surface area contributed by atoms with Gasteiger partial charge in [0, 0.05) is 30.6 Å². The number of hydrogen-bond donors (Lipinski definition) is 1. The maximum absolute atomic E-state index is 12.5. The maximum atomic E-state index is 12.5. The Morgan fingerprint density at radius 1 is 1.04 bits per heavy atom. The van der Waals surface area contributed by atoms with Crippen molar-refractivity contribution in [2.24, 2.45) is 0 Å². The van der Waals surface area contributed by atoms with E-state index in [2.05, 4.69) is 10.1 Å². The monoisotopic (exact) mass is 368 g/mol. The number of benzene rings is 2. The Bertz CT molecular complexity index is 876. The number of rotatable bonds is 5. The SMILES string of the molecule is COCC(=O)N1CCc2ccc(NC(=O)c3ccc(C(=O)OC)cc3)cc21. The topological polar surface area (TPSA) is 84.9 Å². The first kappa shape index (κ1) is 18.6. The van der Waals surface area contributed by atoms with Crippen molar-refractivity contribution < 1.29 is 23.9 Å². The van der Waals surface area contributed by atoms with Crippen molar-refractivity contribution in [1.82, 2.24) is 0 Å². The zero-order valence-corrected chi connectivity index (χ0v) is 15.2. The lowest BCUT2D eigenvalue weighted by Gasteiger charge is -2.17. The van der Waals surface area contributed by atoms with Crippen molar-refractivity contribution >= 4 is 29.2 Å². The largest absolute Gasteiger partial charge is 0.465 e. The normalized spacial score (nSPS) is 12.4. The van der Waals surface area contributed by atoms with Gasteiger partial charge < -0.3 is 19.7 Å². The highest BCUT2D eigenvalue weighted by Gasteiger charge is 2.25. The van der Waals surface area contributed by atoms with Gasteiger partial charge in [0.25, 0.3) is 11.8 Å². The van der Waals surface area contributed by atoms with Crippen LogP contribution in [0.4, 0.5) is 11.4 Å². The van der Waals surface area contributed by atoms with E-state index in [0.29, 0.717) is 23.4 Å². The van der Waals surface area contributed by atoms with Gasteiger partial charge >= 0.3 is 5.97 Å². The summed E-state index contributed by atoms with van der Waals surface area (Å²) in [5.41, 5.74) is 3.22. The molecular formula is C20H20N2O5. The Balaban J connectivity index is 1.74. The lowest BCUT2D eigenvalue weighted by molar-refractivity contribution is -0.122. The summed E-state index contributed by atoms with van der Waals surface area (Å²) in [6.45, 7) is 0.618. The van der Waals surface area contributed by atoms with Gasteiger partial charge in [-0.15, -0.1) is 0 Å². The average Bonchev–Trinajstić information content (AvgIpc) is 3.11. The molecule has 140 valence electrons. The molecule has 1 aliphatic heterocycles. The molecule has 2 aromatic rings. The lowest BCUT2D eigenvalue weighted by Crippen LogP contribution is -2.32. The average molecular weight is 368 g/mol. The van der Waals surface area contributed by atoms with Crippen LogP contribution in [-0.4, -0.2) is 45.2 Å². The highest BCUT2D eigenvalue weighted by atomic mass is 16.5. The first-order valence-electron chi connectivity index (χ1n) is 8.45. The van der Waals surface area contributed by atoms with E-state index in [4.69, 9.17) is 4.74 Å². The predicted octanol–water partition coefficient (Wildman–Crippen LogP) is 2.26. The van der Waals surface area contributed by atoms with Crippen molar-refractivity contribution in [1.29, 1.82) is 0 Å². The summed E-state index contributed by atoms with van der Waals surface area (Å²) < 4.78 is 9.57. The molecule has 0 aromatic heterocycles. The molecule has 27 heavy (non-hydrogen) atoms. The minimum Gasteiger partial charge on any atom is -0.465 e. The molecule has 0 spiro atoms. The molecule has 0 radical (unpaired) electrons. The molecule has 1 aliphatic rings. The van der Waals surface area contributed by atoms with E-state index in [1.54, 1.807) is 23.1 Å². The van der Waals surface area contributed by atoms with Gasteiger partial charge in [-0.1, -0.05) is 6.07 Å². The maximum Gasteiger partial charge on any atom is 0.337 e. The smallest absolute Gasteiger partial charge is 0.337 e. The molecule has 1 N–H and O–H groups in total.